The van der Waals surface area contributed by atoms with Crippen LogP contribution in [0.5, 0.6) is 5.88 Å². The van der Waals surface area contributed by atoms with E-state index in [1.54, 1.807) is 17.8 Å². The van der Waals surface area contributed by atoms with Crippen molar-refractivity contribution < 1.29 is 14.3 Å². The first-order valence-corrected chi connectivity index (χ1v) is 6.04. The summed E-state index contributed by atoms with van der Waals surface area (Å²) in [6.45, 7) is 5.45. The molecule has 1 heterocycles. The molecule has 100 valence electrons. The molecular weight excluding hydrogens is 234 g/mol. The molecule has 6 heteroatoms. The third-order valence-corrected chi connectivity index (χ3v) is 2.30. The molecule has 18 heavy (non-hydrogen) atoms. The maximum atomic E-state index is 11.6. The second-order valence-electron chi connectivity index (χ2n) is 5.44. The number of anilines is 1. The fraction of sp³-hybridized carbons (Fsp3) is 0.667. The van der Waals surface area contributed by atoms with Crippen LogP contribution in [0.1, 0.15) is 33.6 Å². The predicted molar refractivity (Wildman–Crippen MR) is 66.7 cm³/mol. The van der Waals surface area contributed by atoms with Crippen LogP contribution in [0.15, 0.2) is 6.07 Å². The highest BCUT2D eigenvalue weighted by Gasteiger charge is 2.25. The summed E-state index contributed by atoms with van der Waals surface area (Å²) in [7, 11) is 1.74. The number of hydrogen-bond acceptors (Lipinski definition) is 4. The molecule has 1 aromatic rings. The van der Waals surface area contributed by atoms with E-state index in [1.165, 1.54) is 0 Å². The highest BCUT2D eigenvalue weighted by Crippen LogP contribution is 2.27. The normalized spacial score (nSPS) is 15.3. The molecule has 2 rings (SSSR count). The van der Waals surface area contributed by atoms with Gasteiger partial charge in [0.1, 0.15) is 17.5 Å². The Balaban J connectivity index is 1.95. The van der Waals surface area contributed by atoms with Crippen LogP contribution in [0.3, 0.4) is 0 Å². The number of amides is 1. The van der Waals surface area contributed by atoms with Crippen LogP contribution in [-0.4, -0.2) is 27.6 Å². The Hall–Kier alpha value is -1.72. The molecule has 1 amide bonds. The number of nitrogens with one attached hydrogen (secondary N) is 1. The van der Waals surface area contributed by atoms with Crippen LogP contribution in [0.25, 0.3) is 0 Å². The number of hydrogen-bond donors (Lipinski definition) is 1. The summed E-state index contributed by atoms with van der Waals surface area (Å²) in [6, 6.07) is 1.70. The molecular formula is C12H19N3O3. The van der Waals surface area contributed by atoms with Gasteiger partial charge in [-0.3, -0.25) is 5.32 Å². The second kappa shape index (κ2) is 4.51. The number of carbonyl (C=O) groups excluding carboxylic acids is 1. The van der Waals surface area contributed by atoms with Gasteiger partial charge in [0.2, 0.25) is 5.88 Å². The van der Waals surface area contributed by atoms with Crippen molar-refractivity contribution >= 4 is 11.9 Å². The molecule has 0 atom stereocenters. The lowest BCUT2D eigenvalue weighted by Gasteiger charge is -2.19. The fourth-order valence-corrected chi connectivity index (χ4v) is 1.38. The largest absolute Gasteiger partial charge is 0.473 e. The van der Waals surface area contributed by atoms with E-state index in [2.05, 4.69) is 10.4 Å². The molecule has 0 radical (unpaired) electrons. The maximum absolute atomic E-state index is 11.6. The highest BCUT2D eigenvalue weighted by molar-refractivity contribution is 5.83. The third-order valence-electron chi connectivity index (χ3n) is 2.30. The molecule has 0 aliphatic heterocycles. The summed E-state index contributed by atoms with van der Waals surface area (Å²) >= 11 is 0. The third kappa shape index (κ3) is 3.65. The zero-order valence-electron chi connectivity index (χ0n) is 11.2. The molecule has 0 spiro atoms. The van der Waals surface area contributed by atoms with E-state index in [0.717, 1.165) is 12.8 Å². The fourth-order valence-electron chi connectivity index (χ4n) is 1.38. The van der Waals surface area contributed by atoms with Crippen LogP contribution in [0.4, 0.5) is 10.6 Å². The first-order chi connectivity index (χ1) is 8.33. The van der Waals surface area contributed by atoms with Gasteiger partial charge in [-0.2, -0.15) is 0 Å². The minimum atomic E-state index is -0.518. The summed E-state index contributed by atoms with van der Waals surface area (Å²) in [6.07, 6.45) is 1.94. The van der Waals surface area contributed by atoms with E-state index in [-0.39, 0.29) is 6.10 Å². The van der Waals surface area contributed by atoms with Crippen molar-refractivity contribution in [1.29, 1.82) is 0 Å². The first-order valence-electron chi connectivity index (χ1n) is 6.04. The highest BCUT2D eigenvalue weighted by atomic mass is 16.6. The monoisotopic (exact) mass is 253 g/mol. The molecule has 0 unspecified atom stereocenters. The molecule has 6 nitrogen and oxygen atoms in total. The van der Waals surface area contributed by atoms with Gasteiger partial charge in [-0.25, -0.2) is 9.48 Å². The van der Waals surface area contributed by atoms with Crippen molar-refractivity contribution in [2.24, 2.45) is 7.05 Å². The number of ether oxygens (including phenoxy) is 2. The summed E-state index contributed by atoms with van der Waals surface area (Å²) < 4.78 is 12.3. The van der Waals surface area contributed by atoms with Crippen LogP contribution in [-0.2, 0) is 11.8 Å². The van der Waals surface area contributed by atoms with Gasteiger partial charge in [0.15, 0.2) is 0 Å². The summed E-state index contributed by atoms with van der Waals surface area (Å²) in [5.74, 6) is 1.09. The smallest absolute Gasteiger partial charge is 0.413 e. The molecule has 1 aliphatic rings. The lowest BCUT2D eigenvalue weighted by atomic mass is 10.2. The maximum Gasteiger partial charge on any atom is 0.413 e. The molecule has 1 fully saturated rings. The Labute approximate surface area is 106 Å². The Morgan fingerprint density at radius 3 is 2.72 bits per heavy atom. The standard InChI is InChI=1S/C12H19N3O3/c1-12(2,3)18-11(16)13-9-7-10(14-15(9)4)17-8-5-6-8/h7-8H,5-6H2,1-4H3,(H,13,16). The van der Waals surface area contributed by atoms with Gasteiger partial charge in [-0.05, 0) is 33.6 Å². The molecule has 0 bridgehead atoms. The van der Waals surface area contributed by atoms with Gasteiger partial charge in [0.05, 0.1) is 0 Å². The van der Waals surface area contributed by atoms with E-state index >= 15 is 0 Å². The molecule has 0 aromatic carbocycles. The van der Waals surface area contributed by atoms with E-state index < -0.39 is 11.7 Å². The predicted octanol–water partition coefficient (Wildman–Crippen LogP) is 2.31. The van der Waals surface area contributed by atoms with Crippen molar-refractivity contribution in [3.63, 3.8) is 0 Å². The van der Waals surface area contributed by atoms with Gasteiger partial charge in [0, 0.05) is 13.1 Å². The molecule has 1 N–H and O–H groups in total. The van der Waals surface area contributed by atoms with Crippen molar-refractivity contribution in [2.45, 2.75) is 45.3 Å². The molecule has 1 saturated carbocycles. The van der Waals surface area contributed by atoms with E-state index in [0.29, 0.717) is 11.7 Å². The van der Waals surface area contributed by atoms with Crippen molar-refractivity contribution in [2.75, 3.05) is 5.32 Å². The number of nitrogens with zero attached hydrogens (tertiary/aromatic N) is 2. The summed E-state index contributed by atoms with van der Waals surface area (Å²) in [5.41, 5.74) is -0.518. The molecule has 1 aromatic heterocycles. The Kier molecular flexibility index (Phi) is 3.19. The minimum Gasteiger partial charge on any atom is -0.473 e. The zero-order chi connectivity index (χ0) is 13.3. The lowest BCUT2D eigenvalue weighted by Crippen LogP contribution is -2.27. The second-order valence-corrected chi connectivity index (χ2v) is 5.44. The van der Waals surface area contributed by atoms with Gasteiger partial charge in [-0.15, -0.1) is 5.10 Å². The Morgan fingerprint density at radius 1 is 1.50 bits per heavy atom. The summed E-state index contributed by atoms with van der Waals surface area (Å²) in [5, 5.41) is 6.80. The Bertz CT molecular complexity index is 444. The minimum absolute atomic E-state index is 0.286. The van der Waals surface area contributed by atoms with E-state index in [1.807, 2.05) is 20.8 Å². The Morgan fingerprint density at radius 2 is 2.17 bits per heavy atom. The number of aryl methyl sites for hydroxylation is 1. The van der Waals surface area contributed by atoms with Gasteiger partial charge in [-0.1, -0.05) is 0 Å². The number of rotatable bonds is 3. The average molecular weight is 253 g/mol. The zero-order valence-corrected chi connectivity index (χ0v) is 11.2. The van der Waals surface area contributed by atoms with Crippen LogP contribution >= 0.6 is 0 Å². The van der Waals surface area contributed by atoms with E-state index in [4.69, 9.17) is 9.47 Å². The first kappa shape index (κ1) is 12.7. The van der Waals surface area contributed by atoms with Gasteiger partial charge in [0.25, 0.3) is 0 Å². The topological polar surface area (TPSA) is 65.4 Å². The summed E-state index contributed by atoms with van der Waals surface area (Å²) in [4.78, 5) is 11.6. The quantitative estimate of drug-likeness (QED) is 0.897. The van der Waals surface area contributed by atoms with Gasteiger partial charge >= 0.3 is 6.09 Å². The SMILES string of the molecule is Cn1nc(OC2CC2)cc1NC(=O)OC(C)(C)C. The average Bonchev–Trinajstić information content (AvgIpc) is 2.91. The van der Waals surface area contributed by atoms with Crippen molar-refractivity contribution in [1.82, 2.24) is 9.78 Å². The van der Waals surface area contributed by atoms with Crippen LogP contribution < -0.4 is 10.1 Å². The molecule has 0 saturated heterocycles. The van der Waals surface area contributed by atoms with Crippen LogP contribution in [0, 0.1) is 0 Å². The lowest BCUT2D eigenvalue weighted by molar-refractivity contribution is 0.0634. The number of aromatic nitrogens is 2. The molecule has 1 aliphatic carbocycles. The van der Waals surface area contributed by atoms with Crippen molar-refractivity contribution in [3.8, 4) is 5.88 Å². The van der Waals surface area contributed by atoms with Crippen LogP contribution in [0.2, 0.25) is 0 Å². The number of carbonyl (C=O) groups is 1. The van der Waals surface area contributed by atoms with Gasteiger partial charge < -0.3 is 9.47 Å². The van der Waals surface area contributed by atoms with E-state index in [9.17, 15) is 4.79 Å². The van der Waals surface area contributed by atoms with Crippen molar-refractivity contribution in [3.05, 3.63) is 6.07 Å².